The Morgan fingerprint density at radius 1 is 0.919 bits per heavy atom. The van der Waals surface area contributed by atoms with E-state index in [4.69, 9.17) is 20.7 Å². The summed E-state index contributed by atoms with van der Waals surface area (Å²) in [4.78, 5) is 34.1. The fourth-order valence-corrected chi connectivity index (χ4v) is 9.77. The quantitative estimate of drug-likeness (QED) is 0.252. The van der Waals surface area contributed by atoms with Gasteiger partial charge >= 0.3 is 17.9 Å². The van der Waals surface area contributed by atoms with Crippen molar-refractivity contribution in [3.63, 3.8) is 0 Å². The Morgan fingerprint density at radius 3 is 2.32 bits per heavy atom. The van der Waals surface area contributed by atoms with Gasteiger partial charge in [0.25, 0.3) is 0 Å². The van der Waals surface area contributed by atoms with Gasteiger partial charge in [0, 0.05) is 6.42 Å². The lowest BCUT2D eigenvalue weighted by atomic mass is 9.44. The van der Waals surface area contributed by atoms with Crippen molar-refractivity contribution < 1.29 is 29.3 Å². The molecule has 0 saturated heterocycles. The molecule has 4 saturated carbocycles. The number of carbonyl (C=O) groups excluding carboxylic acids is 1. The highest BCUT2D eigenvalue weighted by Crippen LogP contribution is 2.68. The maximum atomic E-state index is 12.3. The predicted molar refractivity (Wildman–Crippen MR) is 141 cm³/mol. The number of fused-ring (bicyclic) bond motifs is 5. The number of ether oxygens (including phenoxy) is 1. The van der Waals surface area contributed by atoms with Crippen molar-refractivity contribution in [2.24, 2.45) is 52.1 Å². The molecule has 4 rings (SSSR count). The normalized spacial score (nSPS) is 40.5. The molecule has 0 aliphatic heterocycles. The Morgan fingerprint density at radius 2 is 1.62 bits per heavy atom. The molecular weight excluding hydrogens is 470 g/mol. The lowest BCUT2D eigenvalue weighted by Crippen LogP contribution is -2.54. The highest BCUT2D eigenvalue weighted by atomic mass is 16.5. The van der Waals surface area contributed by atoms with Crippen molar-refractivity contribution in [2.75, 3.05) is 0 Å². The lowest BCUT2D eigenvalue weighted by Gasteiger charge is -2.61. The van der Waals surface area contributed by atoms with E-state index in [1.807, 2.05) is 0 Å². The topological polar surface area (TPSA) is 127 Å². The SMILES string of the molecule is C[C@H](CCCCC(=O)O)C1CCC2C3CCC4C[C@H](OC(=O)[C@@H](N)CC(=O)O)CC[C@]4(C)C3CC[C@@]21C. The average molecular weight is 520 g/mol. The smallest absolute Gasteiger partial charge is 0.323 e. The number of unbranched alkanes of at least 4 members (excludes halogenated alkanes) is 1. The number of hydrogen-bond donors (Lipinski definition) is 3. The average Bonchev–Trinajstić information content (AvgIpc) is 3.18. The first-order valence-electron chi connectivity index (χ1n) is 14.9. The summed E-state index contributed by atoms with van der Waals surface area (Å²) >= 11 is 0. The van der Waals surface area contributed by atoms with Crippen molar-refractivity contribution in [3.8, 4) is 0 Å². The summed E-state index contributed by atoms with van der Waals surface area (Å²) in [6.07, 6.45) is 13.2. The number of hydrogen-bond acceptors (Lipinski definition) is 5. The number of carboxylic acid groups (broad SMARTS) is 2. The van der Waals surface area contributed by atoms with E-state index in [0.717, 1.165) is 62.2 Å². The first-order chi connectivity index (χ1) is 17.5. The Labute approximate surface area is 222 Å². The molecule has 0 spiro atoms. The molecule has 7 heteroatoms. The monoisotopic (exact) mass is 519 g/mol. The number of nitrogens with two attached hydrogens (primary N) is 1. The van der Waals surface area contributed by atoms with Crippen LogP contribution in [0.25, 0.3) is 0 Å². The molecule has 7 nitrogen and oxygen atoms in total. The third-order valence-corrected chi connectivity index (χ3v) is 11.7. The van der Waals surface area contributed by atoms with Crippen molar-refractivity contribution in [2.45, 2.75) is 123 Å². The molecule has 0 amide bonds. The molecule has 37 heavy (non-hydrogen) atoms. The summed E-state index contributed by atoms with van der Waals surface area (Å²) in [5, 5.41) is 17.9. The van der Waals surface area contributed by atoms with E-state index in [1.54, 1.807) is 0 Å². The van der Waals surface area contributed by atoms with Gasteiger partial charge in [0.05, 0.1) is 6.42 Å². The fraction of sp³-hybridized carbons (Fsp3) is 0.900. The van der Waals surface area contributed by atoms with Crippen LogP contribution in [0.3, 0.4) is 0 Å². The van der Waals surface area contributed by atoms with Gasteiger partial charge in [0.1, 0.15) is 12.1 Å². The predicted octanol–water partition coefficient (Wildman–Crippen LogP) is 5.64. The Balaban J connectivity index is 1.36. The van der Waals surface area contributed by atoms with Crippen LogP contribution in [0.15, 0.2) is 0 Å². The molecule has 4 aliphatic rings. The second-order valence-electron chi connectivity index (χ2n) is 13.5. The van der Waals surface area contributed by atoms with E-state index in [-0.39, 0.29) is 17.9 Å². The molecule has 5 unspecified atom stereocenters. The number of carboxylic acids is 2. The van der Waals surface area contributed by atoms with Crippen molar-refractivity contribution in [1.29, 1.82) is 0 Å². The second-order valence-corrected chi connectivity index (χ2v) is 13.5. The molecule has 4 fully saturated rings. The van der Waals surface area contributed by atoms with Crippen LogP contribution >= 0.6 is 0 Å². The van der Waals surface area contributed by atoms with Gasteiger partial charge in [-0.2, -0.15) is 0 Å². The zero-order valence-corrected chi connectivity index (χ0v) is 23.1. The highest BCUT2D eigenvalue weighted by molar-refractivity contribution is 5.81. The summed E-state index contributed by atoms with van der Waals surface area (Å²) in [7, 11) is 0. The standard InChI is InChI=1S/C30H49NO6/c1-18(6-4-5-7-26(32)33)22-10-11-23-21-9-8-19-16-20(37-28(36)25(31)17-27(34)35)12-14-29(19,2)24(21)13-15-30(22,23)3/h18-25H,4-17,31H2,1-3H3,(H,32,33)(H,34,35)/t18-,19?,20-,21?,22?,23?,24?,25+,29+,30-/m1/s1. The van der Waals surface area contributed by atoms with Crippen molar-refractivity contribution in [1.82, 2.24) is 0 Å². The van der Waals surface area contributed by atoms with Crippen LogP contribution in [0.1, 0.15) is 111 Å². The van der Waals surface area contributed by atoms with Gasteiger partial charge in [-0.1, -0.05) is 33.6 Å². The van der Waals surface area contributed by atoms with E-state index in [2.05, 4.69) is 20.8 Å². The van der Waals surface area contributed by atoms with Gasteiger partial charge in [-0.25, -0.2) is 0 Å². The minimum absolute atomic E-state index is 0.145. The number of carbonyl (C=O) groups is 3. The van der Waals surface area contributed by atoms with E-state index >= 15 is 0 Å². The molecule has 4 N–H and O–H groups in total. The Hall–Kier alpha value is -1.63. The maximum Gasteiger partial charge on any atom is 0.323 e. The van der Waals surface area contributed by atoms with Crippen molar-refractivity contribution >= 4 is 17.9 Å². The molecule has 10 atom stereocenters. The summed E-state index contributed by atoms with van der Waals surface area (Å²) in [5.41, 5.74) is 6.44. The van der Waals surface area contributed by atoms with Gasteiger partial charge in [-0.05, 0) is 111 Å². The van der Waals surface area contributed by atoms with E-state index < -0.39 is 30.4 Å². The zero-order valence-electron chi connectivity index (χ0n) is 23.1. The van der Waals surface area contributed by atoms with Crippen LogP contribution in [0, 0.1) is 46.3 Å². The van der Waals surface area contributed by atoms with Crippen LogP contribution in [-0.2, 0) is 19.1 Å². The third kappa shape index (κ3) is 5.72. The number of rotatable bonds is 10. The number of esters is 1. The molecule has 0 radical (unpaired) electrons. The van der Waals surface area contributed by atoms with Gasteiger partial charge < -0.3 is 20.7 Å². The minimum atomic E-state index is -1.09. The molecule has 4 aliphatic carbocycles. The molecule has 0 heterocycles. The molecule has 0 aromatic rings. The summed E-state index contributed by atoms with van der Waals surface area (Å²) in [6, 6.07) is -1.09. The number of aliphatic carboxylic acids is 2. The van der Waals surface area contributed by atoms with Gasteiger partial charge in [-0.3, -0.25) is 14.4 Å². The molecule has 210 valence electrons. The van der Waals surface area contributed by atoms with Crippen LogP contribution in [0.4, 0.5) is 0 Å². The van der Waals surface area contributed by atoms with Gasteiger partial charge in [0.15, 0.2) is 0 Å². The van der Waals surface area contributed by atoms with E-state index in [1.165, 1.54) is 38.5 Å². The van der Waals surface area contributed by atoms with Crippen LogP contribution < -0.4 is 5.73 Å². The van der Waals surface area contributed by atoms with Gasteiger partial charge in [0.2, 0.25) is 0 Å². The maximum absolute atomic E-state index is 12.3. The highest BCUT2D eigenvalue weighted by Gasteiger charge is 2.60. The first kappa shape index (κ1) is 28.4. The van der Waals surface area contributed by atoms with Crippen LogP contribution in [-0.4, -0.2) is 40.3 Å². The van der Waals surface area contributed by atoms with Gasteiger partial charge in [-0.15, -0.1) is 0 Å². The molecular formula is C30H49NO6. The van der Waals surface area contributed by atoms with Crippen LogP contribution in [0.5, 0.6) is 0 Å². The van der Waals surface area contributed by atoms with E-state index in [0.29, 0.717) is 17.3 Å². The fourth-order valence-electron chi connectivity index (χ4n) is 9.77. The lowest BCUT2D eigenvalue weighted by molar-refractivity contribution is -0.165. The molecule has 0 bridgehead atoms. The second kappa shape index (κ2) is 11.2. The summed E-state index contributed by atoms with van der Waals surface area (Å²) < 4.78 is 5.70. The van der Waals surface area contributed by atoms with E-state index in [9.17, 15) is 14.4 Å². The van der Waals surface area contributed by atoms with Crippen molar-refractivity contribution in [3.05, 3.63) is 0 Å². The molecule has 0 aromatic heterocycles. The third-order valence-electron chi connectivity index (χ3n) is 11.7. The Kier molecular flexibility index (Phi) is 8.62. The summed E-state index contributed by atoms with van der Waals surface area (Å²) in [6.45, 7) is 7.49. The molecule has 0 aromatic carbocycles. The largest absolute Gasteiger partial charge is 0.481 e. The first-order valence-corrected chi connectivity index (χ1v) is 14.9. The van der Waals surface area contributed by atoms with Crippen LogP contribution in [0.2, 0.25) is 0 Å². The minimum Gasteiger partial charge on any atom is -0.481 e. The summed E-state index contributed by atoms with van der Waals surface area (Å²) in [5.74, 6) is 1.93. The zero-order chi connectivity index (χ0) is 27.0. The Bertz CT molecular complexity index is 861.